The van der Waals surface area contributed by atoms with E-state index < -0.39 is 0 Å². The second-order valence-corrected chi connectivity index (χ2v) is 4.84. The molecular formula is C17H14N6O. The lowest BCUT2D eigenvalue weighted by Gasteiger charge is -2.08. The van der Waals surface area contributed by atoms with Crippen molar-refractivity contribution in [1.29, 1.82) is 5.26 Å². The van der Waals surface area contributed by atoms with Gasteiger partial charge in [0.2, 0.25) is 5.95 Å². The molecule has 0 fully saturated rings. The highest BCUT2D eigenvalue weighted by Crippen LogP contribution is 2.20. The molecule has 0 unspecified atom stereocenters. The van der Waals surface area contributed by atoms with Gasteiger partial charge in [0.15, 0.2) is 5.82 Å². The average Bonchev–Trinajstić information content (AvgIpc) is 2.62. The molecule has 0 spiro atoms. The third kappa shape index (κ3) is 3.75. The van der Waals surface area contributed by atoms with Crippen molar-refractivity contribution < 1.29 is 4.74 Å². The van der Waals surface area contributed by atoms with E-state index in [1.54, 1.807) is 25.3 Å². The molecule has 0 bridgehead atoms. The maximum Gasteiger partial charge on any atom is 0.249 e. The van der Waals surface area contributed by atoms with Crippen LogP contribution in [0.5, 0.6) is 5.75 Å². The van der Waals surface area contributed by atoms with Crippen molar-refractivity contribution in [3.8, 4) is 11.8 Å². The Morgan fingerprint density at radius 1 is 1.04 bits per heavy atom. The van der Waals surface area contributed by atoms with E-state index in [0.29, 0.717) is 17.3 Å². The van der Waals surface area contributed by atoms with Crippen molar-refractivity contribution in [1.82, 2.24) is 15.2 Å². The predicted molar refractivity (Wildman–Crippen MR) is 90.5 cm³/mol. The van der Waals surface area contributed by atoms with Crippen LogP contribution in [0.15, 0.2) is 54.7 Å². The molecule has 1 heterocycles. The Kier molecular flexibility index (Phi) is 4.49. The summed E-state index contributed by atoms with van der Waals surface area (Å²) in [7, 11) is 1.61. The number of nitrogens with one attached hydrogen (secondary N) is 2. The van der Waals surface area contributed by atoms with E-state index in [9.17, 15) is 0 Å². The first-order valence-electron chi connectivity index (χ1n) is 7.15. The number of aromatic nitrogens is 3. The zero-order chi connectivity index (χ0) is 16.8. The quantitative estimate of drug-likeness (QED) is 0.745. The van der Waals surface area contributed by atoms with Crippen LogP contribution in [0, 0.1) is 11.3 Å². The molecule has 3 rings (SSSR count). The van der Waals surface area contributed by atoms with E-state index in [2.05, 4.69) is 31.9 Å². The molecule has 7 heteroatoms. The van der Waals surface area contributed by atoms with Gasteiger partial charge < -0.3 is 15.4 Å². The highest BCUT2D eigenvalue weighted by molar-refractivity contribution is 5.60. The van der Waals surface area contributed by atoms with Gasteiger partial charge in [-0.05, 0) is 30.3 Å². The van der Waals surface area contributed by atoms with Crippen LogP contribution in [-0.2, 0) is 0 Å². The first kappa shape index (κ1) is 15.2. The zero-order valence-corrected chi connectivity index (χ0v) is 12.9. The van der Waals surface area contributed by atoms with Crippen LogP contribution >= 0.6 is 0 Å². The van der Waals surface area contributed by atoms with E-state index in [-0.39, 0.29) is 0 Å². The summed E-state index contributed by atoms with van der Waals surface area (Å²) in [6.07, 6.45) is 1.51. The summed E-state index contributed by atoms with van der Waals surface area (Å²) < 4.78 is 5.18. The molecule has 0 saturated carbocycles. The topological polar surface area (TPSA) is 95.8 Å². The minimum Gasteiger partial charge on any atom is -0.497 e. The Morgan fingerprint density at radius 3 is 2.62 bits per heavy atom. The summed E-state index contributed by atoms with van der Waals surface area (Å²) in [6, 6.07) is 16.6. The summed E-state index contributed by atoms with van der Waals surface area (Å²) in [5.41, 5.74) is 2.11. The zero-order valence-electron chi connectivity index (χ0n) is 12.9. The number of anilines is 4. The number of rotatable bonds is 5. The van der Waals surface area contributed by atoms with Crippen LogP contribution in [-0.4, -0.2) is 22.3 Å². The highest BCUT2D eigenvalue weighted by atomic mass is 16.5. The van der Waals surface area contributed by atoms with Gasteiger partial charge in [0, 0.05) is 17.4 Å². The maximum atomic E-state index is 8.94. The van der Waals surface area contributed by atoms with Crippen LogP contribution in [0.4, 0.5) is 23.1 Å². The molecule has 7 nitrogen and oxygen atoms in total. The minimum absolute atomic E-state index is 0.352. The van der Waals surface area contributed by atoms with Crippen molar-refractivity contribution in [2.75, 3.05) is 17.7 Å². The summed E-state index contributed by atoms with van der Waals surface area (Å²) in [4.78, 5) is 4.35. The molecule has 24 heavy (non-hydrogen) atoms. The maximum absolute atomic E-state index is 8.94. The number of benzene rings is 2. The smallest absolute Gasteiger partial charge is 0.249 e. The van der Waals surface area contributed by atoms with Crippen LogP contribution in [0.1, 0.15) is 5.56 Å². The SMILES string of the molecule is COc1cccc(Nc2nncc(Nc3cccc(C#N)c3)n2)c1. The van der Waals surface area contributed by atoms with E-state index in [4.69, 9.17) is 10.00 Å². The standard InChI is InChI=1S/C17H14N6O/c1-24-15-7-3-6-14(9-15)21-17-22-16(11-19-23-17)20-13-5-2-4-12(8-13)10-18/h2-9,11H,1H3,(H2,20,21,22,23). The number of nitrogens with zero attached hydrogens (tertiary/aromatic N) is 4. The lowest BCUT2D eigenvalue weighted by atomic mass is 10.2. The number of ether oxygens (including phenoxy) is 1. The van der Waals surface area contributed by atoms with E-state index in [0.717, 1.165) is 17.1 Å². The molecule has 0 atom stereocenters. The van der Waals surface area contributed by atoms with Gasteiger partial charge in [0.1, 0.15) is 5.75 Å². The molecule has 3 aromatic rings. The molecule has 0 saturated heterocycles. The monoisotopic (exact) mass is 318 g/mol. The molecule has 0 aliphatic carbocycles. The van der Waals surface area contributed by atoms with Crippen molar-refractivity contribution >= 4 is 23.1 Å². The molecule has 118 valence electrons. The summed E-state index contributed by atoms with van der Waals surface area (Å²) in [5.74, 6) is 1.60. The van der Waals surface area contributed by atoms with Gasteiger partial charge in [0.05, 0.1) is 24.9 Å². The van der Waals surface area contributed by atoms with Gasteiger partial charge >= 0.3 is 0 Å². The van der Waals surface area contributed by atoms with Gasteiger partial charge in [-0.2, -0.15) is 15.3 Å². The van der Waals surface area contributed by atoms with Gasteiger partial charge in [-0.25, -0.2) is 0 Å². The Balaban J connectivity index is 1.77. The van der Waals surface area contributed by atoms with Gasteiger partial charge in [-0.1, -0.05) is 12.1 Å². The number of hydrogen-bond donors (Lipinski definition) is 2. The Morgan fingerprint density at radius 2 is 1.83 bits per heavy atom. The minimum atomic E-state index is 0.352. The van der Waals surface area contributed by atoms with Crippen molar-refractivity contribution in [3.05, 3.63) is 60.3 Å². The summed E-state index contributed by atoms with van der Waals surface area (Å²) in [5, 5.41) is 23.0. The van der Waals surface area contributed by atoms with Crippen molar-refractivity contribution in [2.45, 2.75) is 0 Å². The number of methoxy groups -OCH3 is 1. The van der Waals surface area contributed by atoms with Gasteiger partial charge in [0.25, 0.3) is 0 Å². The molecule has 0 radical (unpaired) electrons. The molecule has 1 aromatic heterocycles. The van der Waals surface area contributed by atoms with Crippen LogP contribution < -0.4 is 15.4 Å². The molecule has 0 amide bonds. The van der Waals surface area contributed by atoms with Crippen LogP contribution in [0.25, 0.3) is 0 Å². The Labute approximate surface area is 139 Å². The van der Waals surface area contributed by atoms with Gasteiger partial charge in [-0.3, -0.25) is 0 Å². The molecule has 0 aliphatic heterocycles. The molecular weight excluding hydrogens is 304 g/mol. The van der Waals surface area contributed by atoms with E-state index in [1.165, 1.54) is 6.20 Å². The van der Waals surface area contributed by atoms with Gasteiger partial charge in [-0.15, -0.1) is 5.10 Å². The normalized spacial score (nSPS) is 9.83. The predicted octanol–water partition coefficient (Wildman–Crippen LogP) is 3.24. The van der Waals surface area contributed by atoms with Crippen molar-refractivity contribution in [3.63, 3.8) is 0 Å². The average molecular weight is 318 g/mol. The van der Waals surface area contributed by atoms with Crippen LogP contribution in [0.2, 0.25) is 0 Å². The third-order valence-corrected chi connectivity index (χ3v) is 3.15. The second kappa shape index (κ2) is 7.07. The first-order chi connectivity index (χ1) is 11.8. The van der Waals surface area contributed by atoms with E-state index in [1.807, 2.05) is 30.3 Å². The summed E-state index contributed by atoms with van der Waals surface area (Å²) in [6.45, 7) is 0. The molecule has 0 aliphatic rings. The molecule has 2 aromatic carbocycles. The molecule has 2 N–H and O–H groups in total. The fourth-order valence-electron chi connectivity index (χ4n) is 2.06. The lowest BCUT2D eigenvalue weighted by Crippen LogP contribution is -2.02. The highest BCUT2D eigenvalue weighted by Gasteiger charge is 2.03. The number of hydrogen-bond acceptors (Lipinski definition) is 7. The fourth-order valence-corrected chi connectivity index (χ4v) is 2.06. The third-order valence-electron chi connectivity index (χ3n) is 3.15. The first-order valence-corrected chi connectivity index (χ1v) is 7.15. The summed E-state index contributed by atoms with van der Waals surface area (Å²) >= 11 is 0. The van der Waals surface area contributed by atoms with E-state index >= 15 is 0 Å². The Bertz CT molecular complexity index is 890. The lowest BCUT2D eigenvalue weighted by molar-refractivity contribution is 0.415. The largest absolute Gasteiger partial charge is 0.497 e. The van der Waals surface area contributed by atoms with Crippen LogP contribution in [0.3, 0.4) is 0 Å². The number of nitriles is 1. The fraction of sp³-hybridized carbons (Fsp3) is 0.0588. The van der Waals surface area contributed by atoms with Crippen molar-refractivity contribution in [2.24, 2.45) is 0 Å². The Hall–Kier alpha value is -3.66. The second-order valence-electron chi connectivity index (χ2n) is 4.84.